The van der Waals surface area contributed by atoms with Crippen LogP contribution < -0.4 is 10.6 Å². The van der Waals surface area contributed by atoms with Crippen LogP contribution in [-0.2, 0) is 24.2 Å². The van der Waals surface area contributed by atoms with Gasteiger partial charge in [0.15, 0.2) is 0 Å². The van der Waals surface area contributed by atoms with E-state index >= 15 is 0 Å². The zero-order valence-electron chi connectivity index (χ0n) is 14.5. The first-order valence-electron chi connectivity index (χ1n) is 8.98. The van der Waals surface area contributed by atoms with Gasteiger partial charge in [0.05, 0.1) is 12.6 Å². The summed E-state index contributed by atoms with van der Waals surface area (Å²) in [6.07, 6.45) is 8.08. The molecule has 0 bridgehead atoms. The minimum Gasteiger partial charge on any atom is -0.376 e. The third-order valence-corrected chi connectivity index (χ3v) is 4.43. The zero-order valence-corrected chi connectivity index (χ0v) is 14.5. The van der Waals surface area contributed by atoms with Crippen LogP contribution in [0.4, 0.5) is 4.79 Å². The molecule has 1 unspecified atom stereocenters. The van der Waals surface area contributed by atoms with Crippen LogP contribution in [0.5, 0.6) is 0 Å². The van der Waals surface area contributed by atoms with Crippen molar-refractivity contribution in [3.05, 3.63) is 54.1 Å². The van der Waals surface area contributed by atoms with Crippen LogP contribution in [0, 0.1) is 0 Å². The minimum atomic E-state index is -0.172. The summed E-state index contributed by atoms with van der Waals surface area (Å²) in [5.74, 6) is 0.875. The van der Waals surface area contributed by atoms with Crippen LogP contribution in [0.15, 0.2) is 42.7 Å². The highest BCUT2D eigenvalue weighted by Crippen LogP contribution is 2.10. The molecule has 2 heterocycles. The monoisotopic (exact) mass is 342 g/mol. The largest absolute Gasteiger partial charge is 0.376 e. The Bertz CT molecular complexity index is 650. The number of aromatic nitrogens is 2. The molecule has 0 saturated carbocycles. The van der Waals surface area contributed by atoms with Gasteiger partial charge < -0.3 is 19.9 Å². The lowest BCUT2D eigenvalue weighted by molar-refractivity contribution is 0.111. The van der Waals surface area contributed by atoms with Gasteiger partial charge in [0.2, 0.25) is 0 Å². The molecule has 0 spiro atoms. The summed E-state index contributed by atoms with van der Waals surface area (Å²) in [7, 11) is 0. The molecule has 2 aromatic rings. The van der Waals surface area contributed by atoms with E-state index in [4.69, 9.17) is 4.74 Å². The molecular weight excluding hydrogens is 316 g/mol. The second kappa shape index (κ2) is 9.22. The molecule has 0 aliphatic carbocycles. The molecule has 134 valence electrons. The van der Waals surface area contributed by atoms with Crippen molar-refractivity contribution in [2.45, 2.75) is 44.9 Å². The van der Waals surface area contributed by atoms with Crippen LogP contribution in [0.1, 0.15) is 30.7 Å². The third kappa shape index (κ3) is 5.60. The van der Waals surface area contributed by atoms with Gasteiger partial charge in [-0.1, -0.05) is 30.3 Å². The molecule has 1 saturated heterocycles. The highest BCUT2D eigenvalue weighted by atomic mass is 16.5. The Kier molecular flexibility index (Phi) is 6.45. The SMILES string of the molecule is O=C(NCc1nccn1CCCc1ccccc1)NCC1CCCO1. The molecule has 6 nitrogen and oxygen atoms in total. The van der Waals surface area contributed by atoms with Crippen LogP contribution in [0.2, 0.25) is 0 Å². The van der Waals surface area contributed by atoms with Gasteiger partial charge in [-0.05, 0) is 31.2 Å². The number of hydrogen-bond acceptors (Lipinski definition) is 3. The summed E-state index contributed by atoms with van der Waals surface area (Å²) in [6, 6.07) is 10.3. The van der Waals surface area contributed by atoms with E-state index in [9.17, 15) is 4.79 Å². The number of ether oxygens (including phenoxy) is 1. The molecule has 6 heteroatoms. The maximum Gasteiger partial charge on any atom is 0.315 e. The molecular formula is C19H26N4O2. The van der Waals surface area contributed by atoms with Crippen LogP contribution in [0.25, 0.3) is 0 Å². The molecule has 1 aromatic heterocycles. The Hall–Kier alpha value is -2.34. The summed E-state index contributed by atoms with van der Waals surface area (Å²) in [4.78, 5) is 16.2. The third-order valence-electron chi connectivity index (χ3n) is 4.43. The van der Waals surface area contributed by atoms with Gasteiger partial charge in [0.25, 0.3) is 0 Å². The van der Waals surface area contributed by atoms with Gasteiger partial charge in [-0.25, -0.2) is 9.78 Å². The van der Waals surface area contributed by atoms with Crippen molar-refractivity contribution in [3.63, 3.8) is 0 Å². The van der Waals surface area contributed by atoms with Gasteiger partial charge in [-0.15, -0.1) is 0 Å². The number of imidazole rings is 1. The first-order chi connectivity index (χ1) is 12.3. The molecule has 1 atom stereocenters. The number of benzene rings is 1. The van der Waals surface area contributed by atoms with Crippen molar-refractivity contribution in [3.8, 4) is 0 Å². The van der Waals surface area contributed by atoms with Crippen molar-refractivity contribution < 1.29 is 9.53 Å². The lowest BCUT2D eigenvalue weighted by Gasteiger charge is -2.12. The number of nitrogens with one attached hydrogen (secondary N) is 2. The molecule has 0 radical (unpaired) electrons. The number of hydrogen-bond donors (Lipinski definition) is 2. The lowest BCUT2D eigenvalue weighted by atomic mass is 10.1. The Morgan fingerprint density at radius 1 is 1.28 bits per heavy atom. The van der Waals surface area contributed by atoms with Gasteiger partial charge in [0, 0.05) is 32.1 Å². The van der Waals surface area contributed by atoms with Gasteiger partial charge in [0.1, 0.15) is 5.82 Å². The van der Waals surface area contributed by atoms with E-state index < -0.39 is 0 Å². The summed E-state index contributed by atoms with van der Waals surface area (Å²) < 4.78 is 7.60. The average molecular weight is 342 g/mol. The van der Waals surface area contributed by atoms with E-state index in [2.05, 4.69) is 44.5 Å². The van der Waals surface area contributed by atoms with Crippen LogP contribution in [-0.4, -0.2) is 34.8 Å². The summed E-state index contributed by atoms with van der Waals surface area (Å²) in [6.45, 7) is 2.69. The molecule has 2 N–H and O–H groups in total. The molecule has 1 aliphatic heterocycles. The second-order valence-electron chi connectivity index (χ2n) is 6.32. The number of urea groups is 1. The fraction of sp³-hybridized carbons (Fsp3) is 0.474. The minimum absolute atomic E-state index is 0.158. The normalized spacial score (nSPS) is 16.7. The predicted octanol–water partition coefficient (Wildman–Crippen LogP) is 2.49. The van der Waals surface area contributed by atoms with Gasteiger partial charge in [-0.2, -0.15) is 0 Å². The standard InChI is InChI=1S/C19H26N4O2/c24-19(21-14-17-9-5-13-25-17)22-15-18-20-10-12-23(18)11-4-8-16-6-2-1-3-7-16/h1-3,6-7,10,12,17H,4-5,8-9,11,13-15H2,(H2,21,22,24). The maximum absolute atomic E-state index is 11.9. The Morgan fingerprint density at radius 2 is 2.16 bits per heavy atom. The average Bonchev–Trinajstić information content (AvgIpc) is 3.31. The fourth-order valence-corrected chi connectivity index (χ4v) is 3.04. The van der Waals surface area contributed by atoms with Crippen LogP contribution >= 0.6 is 0 Å². The first-order valence-corrected chi connectivity index (χ1v) is 8.98. The van der Waals surface area contributed by atoms with E-state index in [1.807, 2.05) is 12.3 Å². The molecule has 1 fully saturated rings. The molecule has 1 aromatic carbocycles. The predicted molar refractivity (Wildman–Crippen MR) is 96.2 cm³/mol. The maximum atomic E-state index is 11.9. The fourth-order valence-electron chi connectivity index (χ4n) is 3.04. The summed E-state index contributed by atoms with van der Waals surface area (Å²) in [5.41, 5.74) is 1.34. The van der Waals surface area contributed by atoms with Gasteiger partial charge in [-0.3, -0.25) is 0 Å². The number of carbonyl (C=O) groups excluding carboxylic acids is 1. The highest BCUT2D eigenvalue weighted by molar-refractivity contribution is 5.73. The lowest BCUT2D eigenvalue weighted by Crippen LogP contribution is -2.39. The Balaban J connectivity index is 1.38. The highest BCUT2D eigenvalue weighted by Gasteiger charge is 2.16. The van der Waals surface area contributed by atoms with E-state index in [0.29, 0.717) is 13.1 Å². The number of amides is 2. The zero-order chi connectivity index (χ0) is 17.3. The smallest absolute Gasteiger partial charge is 0.315 e. The van der Waals surface area contributed by atoms with Gasteiger partial charge >= 0.3 is 6.03 Å². The van der Waals surface area contributed by atoms with Crippen molar-refractivity contribution >= 4 is 6.03 Å². The second-order valence-corrected chi connectivity index (χ2v) is 6.32. The molecule has 3 rings (SSSR count). The van der Waals surface area contributed by atoms with E-state index in [1.165, 1.54) is 5.56 Å². The van der Waals surface area contributed by atoms with Crippen molar-refractivity contribution in [1.29, 1.82) is 0 Å². The van der Waals surface area contributed by atoms with Crippen LogP contribution in [0.3, 0.4) is 0 Å². The quantitative estimate of drug-likeness (QED) is 0.774. The summed E-state index contributed by atoms with van der Waals surface area (Å²) in [5, 5.41) is 5.73. The van der Waals surface area contributed by atoms with E-state index in [0.717, 1.165) is 44.7 Å². The number of rotatable bonds is 8. The van der Waals surface area contributed by atoms with Crippen molar-refractivity contribution in [1.82, 2.24) is 20.2 Å². The van der Waals surface area contributed by atoms with E-state index in [-0.39, 0.29) is 12.1 Å². The van der Waals surface area contributed by atoms with Crippen molar-refractivity contribution in [2.24, 2.45) is 0 Å². The topological polar surface area (TPSA) is 68.2 Å². The Morgan fingerprint density at radius 3 is 2.96 bits per heavy atom. The number of carbonyl (C=O) groups is 1. The Labute approximate surface area is 148 Å². The first kappa shape index (κ1) is 17.5. The molecule has 1 aliphatic rings. The number of aryl methyl sites for hydroxylation is 2. The van der Waals surface area contributed by atoms with E-state index in [1.54, 1.807) is 6.20 Å². The van der Waals surface area contributed by atoms with Crippen molar-refractivity contribution in [2.75, 3.05) is 13.2 Å². The number of nitrogens with zero attached hydrogens (tertiary/aromatic N) is 2. The summed E-state index contributed by atoms with van der Waals surface area (Å²) >= 11 is 0. The molecule has 2 amide bonds. The molecule has 25 heavy (non-hydrogen) atoms.